The molecule has 138 valence electrons. The van der Waals surface area contributed by atoms with Crippen molar-refractivity contribution in [3.63, 3.8) is 0 Å². The summed E-state index contributed by atoms with van der Waals surface area (Å²) >= 11 is 18.0. The van der Waals surface area contributed by atoms with Crippen LogP contribution in [0.25, 0.3) is 11.3 Å². The molecule has 0 saturated heterocycles. The molecule has 0 aliphatic heterocycles. The van der Waals surface area contributed by atoms with Gasteiger partial charge >= 0.3 is 5.97 Å². The number of halogens is 3. The molecule has 0 radical (unpaired) electrons. The van der Waals surface area contributed by atoms with Gasteiger partial charge in [0.1, 0.15) is 5.76 Å². The lowest BCUT2D eigenvalue weighted by molar-refractivity contribution is 0.0696. The molecule has 27 heavy (non-hydrogen) atoms. The molecular formula is C19H12Cl3NO4. The summed E-state index contributed by atoms with van der Waals surface area (Å²) in [5, 5.41) is 12.3. The molecule has 0 atom stereocenters. The average Bonchev–Trinajstić information content (AvgIpc) is 3.09. The quantitative estimate of drug-likeness (QED) is 0.525. The summed E-state index contributed by atoms with van der Waals surface area (Å²) in [6, 6.07) is 11.0. The Morgan fingerprint density at radius 2 is 1.70 bits per heavy atom. The summed E-state index contributed by atoms with van der Waals surface area (Å²) in [7, 11) is 0. The van der Waals surface area contributed by atoms with Crippen molar-refractivity contribution in [2.24, 2.45) is 0 Å². The van der Waals surface area contributed by atoms with Crippen molar-refractivity contribution in [3.8, 4) is 11.3 Å². The van der Waals surface area contributed by atoms with E-state index in [9.17, 15) is 9.59 Å². The highest BCUT2D eigenvalue weighted by Gasteiger charge is 2.17. The van der Waals surface area contributed by atoms with Gasteiger partial charge in [0, 0.05) is 10.6 Å². The molecule has 0 fully saturated rings. The number of amides is 1. The highest BCUT2D eigenvalue weighted by atomic mass is 35.5. The minimum Gasteiger partial charge on any atom is -0.478 e. The largest absolute Gasteiger partial charge is 0.478 e. The number of carbonyl (C=O) groups is 2. The van der Waals surface area contributed by atoms with Crippen LogP contribution in [0.5, 0.6) is 0 Å². The van der Waals surface area contributed by atoms with Crippen LogP contribution in [0.4, 0.5) is 5.69 Å². The maximum Gasteiger partial charge on any atom is 0.337 e. The number of aryl methyl sites for hydroxylation is 1. The van der Waals surface area contributed by atoms with Crippen molar-refractivity contribution >= 4 is 52.4 Å². The van der Waals surface area contributed by atoms with Gasteiger partial charge in [0.25, 0.3) is 5.91 Å². The van der Waals surface area contributed by atoms with Crippen LogP contribution in [0.15, 0.2) is 46.9 Å². The van der Waals surface area contributed by atoms with E-state index < -0.39 is 11.9 Å². The maximum atomic E-state index is 12.4. The van der Waals surface area contributed by atoms with Gasteiger partial charge in [-0.3, -0.25) is 4.79 Å². The van der Waals surface area contributed by atoms with Gasteiger partial charge in [-0.2, -0.15) is 0 Å². The van der Waals surface area contributed by atoms with Crippen LogP contribution in [-0.2, 0) is 0 Å². The van der Waals surface area contributed by atoms with E-state index in [4.69, 9.17) is 44.3 Å². The number of hydrogen-bond donors (Lipinski definition) is 2. The number of benzene rings is 2. The summed E-state index contributed by atoms with van der Waals surface area (Å²) in [6.07, 6.45) is 0. The fourth-order valence-electron chi connectivity index (χ4n) is 2.35. The fraction of sp³-hybridized carbons (Fsp3) is 0.0526. The molecule has 1 heterocycles. The highest BCUT2D eigenvalue weighted by molar-refractivity contribution is 6.38. The second-order valence-corrected chi connectivity index (χ2v) is 6.92. The van der Waals surface area contributed by atoms with Crippen LogP contribution in [0.1, 0.15) is 26.5 Å². The summed E-state index contributed by atoms with van der Waals surface area (Å²) in [5.41, 5.74) is 1.59. The van der Waals surface area contributed by atoms with E-state index in [-0.39, 0.29) is 27.1 Å². The Morgan fingerprint density at radius 3 is 2.37 bits per heavy atom. The SMILES string of the molecule is Cc1ccc(-c2ccc(C(=O)Nc3cc(C(=O)O)c(Cl)cc3Cl)o2)cc1Cl. The zero-order valence-corrected chi connectivity index (χ0v) is 16.1. The van der Waals surface area contributed by atoms with E-state index in [1.54, 1.807) is 12.1 Å². The number of rotatable bonds is 4. The molecule has 0 aliphatic rings. The molecular weight excluding hydrogens is 413 g/mol. The van der Waals surface area contributed by atoms with Gasteiger partial charge in [0.2, 0.25) is 0 Å². The Bertz CT molecular complexity index is 1060. The van der Waals surface area contributed by atoms with Gasteiger partial charge < -0.3 is 14.8 Å². The lowest BCUT2D eigenvalue weighted by Gasteiger charge is -2.08. The van der Waals surface area contributed by atoms with Crippen molar-refractivity contribution < 1.29 is 19.1 Å². The van der Waals surface area contributed by atoms with E-state index >= 15 is 0 Å². The molecule has 3 rings (SSSR count). The lowest BCUT2D eigenvalue weighted by atomic mass is 10.1. The third-order valence-corrected chi connectivity index (χ3v) is 4.85. The normalized spacial score (nSPS) is 10.7. The van der Waals surface area contributed by atoms with Crippen molar-refractivity contribution in [1.29, 1.82) is 0 Å². The van der Waals surface area contributed by atoms with Crippen molar-refractivity contribution in [2.75, 3.05) is 5.32 Å². The molecule has 8 heteroatoms. The summed E-state index contributed by atoms with van der Waals surface area (Å²) in [4.78, 5) is 23.6. The number of nitrogens with one attached hydrogen (secondary N) is 1. The van der Waals surface area contributed by atoms with Crippen molar-refractivity contribution in [1.82, 2.24) is 0 Å². The predicted molar refractivity (Wildman–Crippen MR) is 105 cm³/mol. The van der Waals surface area contributed by atoms with Crippen LogP contribution >= 0.6 is 34.8 Å². The molecule has 5 nitrogen and oxygen atoms in total. The smallest absolute Gasteiger partial charge is 0.337 e. The summed E-state index contributed by atoms with van der Waals surface area (Å²) < 4.78 is 5.58. The van der Waals surface area contributed by atoms with Crippen molar-refractivity contribution in [3.05, 3.63) is 74.4 Å². The molecule has 1 amide bonds. The first-order chi connectivity index (χ1) is 12.8. The Morgan fingerprint density at radius 1 is 0.963 bits per heavy atom. The summed E-state index contributed by atoms with van der Waals surface area (Å²) in [5.74, 6) is -1.32. The third-order valence-electron chi connectivity index (χ3n) is 3.82. The van der Waals surface area contributed by atoms with E-state index in [0.717, 1.165) is 11.1 Å². The minimum absolute atomic E-state index is 0.0259. The molecule has 2 N–H and O–H groups in total. The average molecular weight is 425 g/mol. The molecule has 1 aromatic heterocycles. The van der Waals surface area contributed by atoms with E-state index in [2.05, 4.69) is 5.32 Å². The Hall–Kier alpha value is -2.47. The van der Waals surface area contributed by atoms with Crippen LogP contribution < -0.4 is 5.32 Å². The first kappa shape index (κ1) is 19.3. The Kier molecular flexibility index (Phi) is 5.46. The van der Waals surface area contributed by atoms with Gasteiger partial charge in [-0.15, -0.1) is 0 Å². The van der Waals surface area contributed by atoms with Crippen LogP contribution in [0, 0.1) is 6.92 Å². The van der Waals surface area contributed by atoms with Crippen molar-refractivity contribution in [2.45, 2.75) is 6.92 Å². The third kappa shape index (κ3) is 4.11. The zero-order valence-electron chi connectivity index (χ0n) is 13.8. The van der Waals surface area contributed by atoms with Gasteiger partial charge in [0.15, 0.2) is 5.76 Å². The van der Waals surface area contributed by atoms with E-state index in [1.165, 1.54) is 18.2 Å². The second kappa shape index (κ2) is 7.64. The fourth-order valence-corrected chi connectivity index (χ4v) is 3.05. The number of carbonyl (C=O) groups excluding carboxylic acids is 1. The molecule has 0 spiro atoms. The molecule has 0 bridgehead atoms. The van der Waals surface area contributed by atoms with Crippen LogP contribution in [-0.4, -0.2) is 17.0 Å². The molecule has 0 unspecified atom stereocenters. The Balaban J connectivity index is 1.86. The number of anilines is 1. The van der Waals surface area contributed by atoms with Gasteiger partial charge in [-0.25, -0.2) is 4.79 Å². The molecule has 2 aromatic carbocycles. The summed E-state index contributed by atoms with van der Waals surface area (Å²) in [6.45, 7) is 1.88. The number of furan rings is 1. The molecule has 0 aliphatic carbocycles. The van der Waals surface area contributed by atoms with Gasteiger partial charge in [0.05, 0.1) is 21.3 Å². The molecule has 3 aromatic rings. The minimum atomic E-state index is -1.23. The molecule has 0 saturated carbocycles. The maximum absolute atomic E-state index is 12.4. The van der Waals surface area contributed by atoms with Crippen LogP contribution in [0.3, 0.4) is 0 Å². The number of carboxylic acids is 1. The van der Waals surface area contributed by atoms with E-state index in [0.29, 0.717) is 10.8 Å². The predicted octanol–water partition coefficient (Wildman–Crippen LogP) is 6.17. The number of carboxylic acid groups (broad SMARTS) is 1. The highest BCUT2D eigenvalue weighted by Crippen LogP contribution is 2.31. The first-order valence-electron chi connectivity index (χ1n) is 7.66. The van der Waals surface area contributed by atoms with Gasteiger partial charge in [-0.1, -0.05) is 46.9 Å². The Labute approximate surface area is 169 Å². The topological polar surface area (TPSA) is 79.5 Å². The van der Waals surface area contributed by atoms with Gasteiger partial charge in [-0.05, 0) is 42.8 Å². The monoisotopic (exact) mass is 423 g/mol. The second-order valence-electron chi connectivity index (χ2n) is 5.70. The lowest BCUT2D eigenvalue weighted by Crippen LogP contribution is -2.12. The standard InChI is InChI=1S/C19H12Cl3NO4/c1-9-2-3-10(6-12(9)20)16-4-5-17(27-16)18(24)23-15-7-11(19(25)26)13(21)8-14(15)22/h2-8H,1H3,(H,23,24)(H,25,26). The van der Waals surface area contributed by atoms with Crippen LogP contribution in [0.2, 0.25) is 15.1 Å². The van der Waals surface area contributed by atoms with E-state index in [1.807, 2.05) is 19.1 Å². The number of aromatic carboxylic acids is 1. The first-order valence-corrected chi connectivity index (χ1v) is 8.79. The zero-order chi connectivity index (χ0) is 19.7. The number of hydrogen-bond acceptors (Lipinski definition) is 3.